The molecular weight excluding hydrogens is 254 g/mol. The zero-order chi connectivity index (χ0) is 14.4. The molecule has 1 saturated heterocycles. The van der Waals surface area contributed by atoms with Gasteiger partial charge in [-0.05, 0) is 25.0 Å². The topological polar surface area (TPSA) is 53.7 Å². The molecule has 112 valence electrons. The molecule has 0 spiro atoms. The Bertz CT molecular complexity index is 410. The Morgan fingerprint density at radius 3 is 2.65 bits per heavy atom. The van der Waals surface area contributed by atoms with Gasteiger partial charge in [0.1, 0.15) is 5.75 Å². The van der Waals surface area contributed by atoms with Crippen molar-refractivity contribution >= 4 is 0 Å². The van der Waals surface area contributed by atoms with Crippen molar-refractivity contribution in [3.05, 3.63) is 29.8 Å². The van der Waals surface area contributed by atoms with Crippen LogP contribution in [0.1, 0.15) is 25.3 Å². The van der Waals surface area contributed by atoms with E-state index >= 15 is 0 Å². The van der Waals surface area contributed by atoms with Crippen molar-refractivity contribution in [1.29, 1.82) is 0 Å². The molecule has 20 heavy (non-hydrogen) atoms. The van der Waals surface area contributed by atoms with E-state index in [2.05, 4.69) is 6.07 Å². The van der Waals surface area contributed by atoms with E-state index in [1.807, 2.05) is 25.1 Å². The average Bonchev–Trinajstić information content (AvgIpc) is 2.49. The van der Waals surface area contributed by atoms with Crippen molar-refractivity contribution in [1.82, 2.24) is 0 Å². The van der Waals surface area contributed by atoms with Gasteiger partial charge >= 0.3 is 0 Å². The molecule has 0 radical (unpaired) electrons. The number of ether oxygens (including phenoxy) is 3. The van der Waals surface area contributed by atoms with E-state index in [-0.39, 0.29) is 11.6 Å². The molecule has 4 nitrogen and oxygen atoms in total. The largest absolute Gasteiger partial charge is 0.496 e. The van der Waals surface area contributed by atoms with Gasteiger partial charge in [-0.15, -0.1) is 0 Å². The molecule has 1 fully saturated rings. The molecule has 0 aromatic heterocycles. The first-order valence-corrected chi connectivity index (χ1v) is 7.31. The summed E-state index contributed by atoms with van der Waals surface area (Å²) in [6, 6.07) is 7.97. The predicted molar refractivity (Wildman–Crippen MR) is 79.1 cm³/mol. The average molecular weight is 279 g/mol. The molecule has 1 aromatic carbocycles. The van der Waals surface area contributed by atoms with Crippen molar-refractivity contribution in [2.24, 2.45) is 5.73 Å². The third-order valence-corrected chi connectivity index (χ3v) is 4.08. The monoisotopic (exact) mass is 279 g/mol. The van der Waals surface area contributed by atoms with Gasteiger partial charge in [-0.1, -0.05) is 18.2 Å². The summed E-state index contributed by atoms with van der Waals surface area (Å²) in [5, 5.41) is 0. The van der Waals surface area contributed by atoms with E-state index in [9.17, 15) is 0 Å². The predicted octanol–water partition coefficient (Wildman–Crippen LogP) is 2.15. The standard InChI is InChI=1S/C16H25NO3/c1-3-20-16(8-10-19-11-9-16)15(17)12-13-6-4-5-7-14(13)18-2/h4-7,15H,3,8-12,17H2,1-2H3. The highest BCUT2D eigenvalue weighted by atomic mass is 16.5. The van der Waals surface area contributed by atoms with Crippen LogP contribution < -0.4 is 10.5 Å². The molecule has 4 heteroatoms. The van der Waals surface area contributed by atoms with Gasteiger partial charge in [0.05, 0.1) is 12.7 Å². The Kier molecular flexibility index (Phi) is 5.40. The maximum Gasteiger partial charge on any atom is 0.122 e. The number of hydrogen-bond donors (Lipinski definition) is 1. The van der Waals surface area contributed by atoms with Crippen molar-refractivity contribution in [3.63, 3.8) is 0 Å². The Morgan fingerprint density at radius 1 is 1.30 bits per heavy atom. The Morgan fingerprint density at radius 2 is 2.00 bits per heavy atom. The molecule has 1 aromatic rings. The number of para-hydroxylation sites is 1. The van der Waals surface area contributed by atoms with Gasteiger partial charge in [0, 0.05) is 38.7 Å². The fourth-order valence-electron chi connectivity index (χ4n) is 2.92. The van der Waals surface area contributed by atoms with Crippen LogP contribution in [0.4, 0.5) is 0 Å². The minimum atomic E-state index is -0.270. The van der Waals surface area contributed by atoms with Crippen LogP contribution in [0.15, 0.2) is 24.3 Å². The van der Waals surface area contributed by atoms with Crippen LogP contribution in [0, 0.1) is 0 Å². The number of rotatable bonds is 6. The molecule has 1 unspecified atom stereocenters. The highest BCUT2D eigenvalue weighted by Crippen LogP contribution is 2.31. The first kappa shape index (κ1) is 15.3. The highest BCUT2D eigenvalue weighted by Gasteiger charge is 2.39. The zero-order valence-corrected chi connectivity index (χ0v) is 12.4. The summed E-state index contributed by atoms with van der Waals surface area (Å²) in [6.45, 7) is 4.14. The van der Waals surface area contributed by atoms with E-state index in [0.717, 1.165) is 43.8 Å². The molecule has 0 bridgehead atoms. The number of benzene rings is 1. The van der Waals surface area contributed by atoms with Crippen LogP contribution in [0.25, 0.3) is 0 Å². The van der Waals surface area contributed by atoms with Crippen LogP contribution in [0.2, 0.25) is 0 Å². The van der Waals surface area contributed by atoms with E-state index in [1.165, 1.54) is 0 Å². The molecular formula is C16H25NO3. The SMILES string of the molecule is CCOC1(C(N)Cc2ccccc2OC)CCOCC1. The molecule has 2 rings (SSSR count). The fourth-order valence-corrected chi connectivity index (χ4v) is 2.92. The summed E-state index contributed by atoms with van der Waals surface area (Å²) in [5.41, 5.74) is 7.35. The maximum atomic E-state index is 6.49. The van der Waals surface area contributed by atoms with Crippen molar-refractivity contribution < 1.29 is 14.2 Å². The van der Waals surface area contributed by atoms with Crippen LogP contribution in [0.5, 0.6) is 5.75 Å². The molecule has 1 atom stereocenters. The Labute approximate surface area is 121 Å². The second-order valence-electron chi connectivity index (χ2n) is 5.23. The lowest BCUT2D eigenvalue weighted by molar-refractivity contribution is -0.120. The Hall–Kier alpha value is -1.10. The van der Waals surface area contributed by atoms with Gasteiger partial charge < -0.3 is 19.9 Å². The van der Waals surface area contributed by atoms with E-state index < -0.39 is 0 Å². The van der Waals surface area contributed by atoms with Crippen LogP contribution >= 0.6 is 0 Å². The zero-order valence-electron chi connectivity index (χ0n) is 12.4. The second-order valence-corrected chi connectivity index (χ2v) is 5.23. The van der Waals surface area contributed by atoms with Gasteiger partial charge in [0.25, 0.3) is 0 Å². The summed E-state index contributed by atoms with van der Waals surface area (Å²) in [6.07, 6.45) is 2.47. The number of nitrogens with two attached hydrogens (primary N) is 1. The van der Waals surface area contributed by atoms with Gasteiger partial charge in [-0.3, -0.25) is 0 Å². The summed E-state index contributed by atoms with van der Waals surface area (Å²) in [5.74, 6) is 0.890. The van der Waals surface area contributed by atoms with E-state index in [0.29, 0.717) is 6.61 Å². The Balaban J connectivity index is 2.13. The van der Waals surface area contributed by atoms with Gasteiger partial charge in [-0.25, -0.2) is 0 Å². The van der Waals surface area contributed by atoms with Gasteiger partial charge in [-0.2, -0.15) is 0 Å². The van der Waals surface area contributed by atoms with Gasteiger partial charge in [0.15, 0.2) is 0 Å². The quantitative estimate of drug-likeness (QED) is 0.867. The van der Waals surface area contributed by atoms with E-state index in [1.54, 1.807) is 7.11 Å². The molecule has 0 amide bonds. The molecule has 0 saturated carbocycles. The summed E-state index contributed by atoms with van der Waals surface area (Å²) >= 11 is 0. The first-order chi connectivity index (χ1) is 9.72. The number of methoxy groups -OCH3 is 1. The van der Waals surface area contributed by atoms with Crippen LogP contribution in [0.3, 0.4) is 0 Å². The molecule has 1 heterocycles. The summed E-state index contributed by atoms with van der Waals surface area (Å²) in [7, 11) is 1.69. The third-order valence-electron chi connectivity index (χ3n) is 4.08. The minimum absolute atomic E-state index is 0.0531. The molecule has 0 aliphatic carbocycles. The highest BCUT2D eigenvalue weighted by molar-refractivity contribution is 5.34. The lowest BCUT2D eigenvalue weighted by Gasteiger charge is -2.41. The molecule has 2 N–H and O–H groups in total. The summed E-state index contributed by atoms with van der Waals surface area (Å²) in [4.78, 5) is 0. The van der Waals surface area contributed by atoms with Crippen molar-refractivity contribution in [3.8, 4) is 5.75 Å². The summed E-state index contributed by atoms with van der Waals surface area (Å²) < 4.78 is 16.9. The molecule has 1 aliphatic rings. The van der Waals surface area contributed by atoms with Gasteiger partial charge in [0.2, 0.25) is 0 Å². The van der Waals surface area contributed by atoms with Crippen molar-refractivity contribution in [2.75, 3.05) is 26.9 Å². The lowest BCUT2D eigenvalue weighted by atomic mass is 9.83. The van der Waals surface area contributed by atoms with Crippen LogP contribution in [-0.2, 0) is 15.9 Å². The smallest absolute Gasteiger partial charge is 0.122 e. The first-order valence-electron chi connectivity index (χ1n) is 7.31. The lowest BCUT2D eigenvalue weighted by Crippen LogP contribution is -2.54. The van der Waals surface area contributed by atoms with Crippen molar-refractivity contribution in [2.45, 2.75) is 37.8 Å². The second kappa shape index (κ2) is 7.07. The fraction of sp³-hybridized carbons (Fsp3) is 0.625. The number of hydrogen-bond acceptors (Lipinski definition) is 4. The maximum absolute atomic E-state index is 6.49. The van der Waals surface area contributed by atoms with Crippen LogP contribution in [-0.4, -0.2) is 38.6 Å². The normalized spacial score (nSPS) is 19.6. The third kappa shape index (κ3) is 3.32. The molecule has 1 aliphatic heterocycles. The van der Waals surface area contributed by atoms with E-state index in [4.69, 9.17) is 19.9 Å². The minimum Gasteiger partial charge on any atom is -0.496 e.